The van der Waals surface area contributed by atoms with Crippen LogP contribution >= 0.6 is 0 Å². The van der Waals surface area contributed by atoms with Crippen LogP contribution in [0.2, 0.25) is 0 Å². The van der Waals surface area contributed by atoms with E-state index in [9.17, 15) is 9.90 Å². The molecule has 164 valence electrons. The topological polar surface area (TPSA) is 87.6 Å². The van der Waals surface area contributed by atoms with Gasteiger partial charge in [-0.2, -0.15) is 0 Å². The van der Waals surface area contributed by atoms with Crippen molar-refractivity contribution in [3.05, 3.63) is 59.2 Å². The number of ether oxygens (including phenoxy) is 1. The molecular formula is C24H30N4O3. The molecule has 31 heavy (non-hydrogen) atoms. The monoisotopic (exact) mass is 422 g/mol. The van der Waals surface area contributed by atoms with Crippen LogP contribution in [0.4, 0.5) is 0 Å². The Morgan fingerprint density at radius 2 is 2.06 bits per heavy atom. The standard InChI is InChI=1S/C24H30N4O3/c29-21(13-28-6-5-18-3-1-2-4-19(18)12-28)11-25-23(30)22-8-20(26-16-27-22)7-17-9-24(10-17)14-31-15-24/h1-4,8,16-17,21,29H,5-7,9-15H2,(H,25,30)/t21-/m0/s1. The van der Waals surface area contributed by atoms with E-state index in [-0.39, 0.29) is 12.5 Å². The first-order valence-electron chi connectivity index (χ1n) is 11.2. The fourth-order valence-electron chi connectivity index (χ4n) is 5.24. The molecule has 1 aromatic carbocycles. The van der Waals surface area contributed by atoms with Crippen LogP contribution in [0.3, 0.4) is 0 Å². The molecular weight excluding hydrogens is 392 g/mol. The average molecular weight is 423 g/mol. The van der Waals surface area contributed by atoms with E-state index in [0.29, 0.717) is 23.6 Å². The number of benzene rings is 1. The van der Waals surface area contributed by atoms with E-state index in [1.165, 1.54) is 30.3 Å². The van der Waals surface area contributed by atoms with Gasteiger partial charge in [0.2, 0.25) is 0 Å². The van der Waals surface area contributed by atoms with Gasteiger partial charge in [0, 0.05) is 37.3 Å². The highest BCUT2D eigenvalue weighted by Gasteiger charge is 2.49. The van der Waals surface area contributed by atoms with Gasteiger partial charge in [-0.05, 0) is 48.8 Å². The maximum Gasteiger partial charge on any atom is 0.270 e. The van der Waals surface area contributed by atoms with Crippen LogP contribution in [-0.4, -0.2) is 64.8 Å². The van der Waals surface area contributed by atoms with Crippen LogP contribution in [0.25, 0.3) is 0 Å². The number of carbonyl (C=O) groups is 1. The Bertz CT molecular complexity index is 938. The van der Waals surface area contributed by atoms with Gasteiger partial charge in [-0.25, -0.2) is 9.97 Å². The molecule has 2 fully saturated rings. The van der Waals surface area contributed by atoms with Crippen molar-refractivity contribution in [2.75, 3.05) is 32.8 Å². The van der Waals surface area contributed by atoms with Crippen LogP contribution in [0.15, 0.2) is 36.7 Å². The van der Waals surface area contributed by atoms with Crippen molar-refractivity contribution < 1.29 is 14.6 Å². The number of rotatable bonds is 7. The summed E-state index contributed by atoms with van der Waals surface area (Å²) in [5.41, 5.74) is 4.42. The molecule has 0 unspecified atom stereocenters. The summed E-state index contributed by atoms with van der Waals surface area (Å²) in [6, 6.07) is 10.2. The van der Waals surface area contributed by atoms with Gasteiger partial charge in [0.25, 0.3) is 5.91 Å². The first kappa shape index (κ1) is 20.5. The van der Waals surface area contributed by atoms with E-state index >= 15 is 0 Å². The molecule has 5 rings (SSSR count). The highest BCUT2D eigenvalue weighted by Crippen LogP contribution is 2.51. The van der Waals surface area contributed by atoms with E-state index in [1.54, 1.807) is 6.07 Å². The number of nitrogens with one attached hydrogen (secondary N) is 1. The van der Waals surface area contributed by atoms with Gasteiger partial charge in [0.05, 0.1) is 19.3 Å². The number of fused-ring (bicyclic) bond motifs is 1. The van der Waals surface area contributed by atoms with E-state index in [1.807, 2.05) is 0 Å². The molecule has 1 amide bonds. The molecule has 1 aliphatic carbocycles. The molecule has 0 bridgehead atoms. The van der Waals surface area contributed by atoms with Gasteiger partial charge in [0.15, 0.2) is 0 Å². The fraction of sp³-hybridized carbons (Fsp3) is 0.542. The number of hydrogen-bond acceptors (Lipinski definition) is 6. The minimum Gasteiger partial charge on any atom is -0.390 e. The second-order valence-electron chi connectivity index (χ2n) is 9.48. The summed E-state index contributed by atoms with van der Waals surface area (Å²) in [6.07, 6.45) is 5.09. The second-order valence-corrected chi connectivity index (χ2v) is 9.48. The van der Waals surface area contributed by atoms with E-state index in [2.05, 4.69) is 44.5 Å². The predicted octanol–water partition coefficient (Wildman–Crippen LogP) is 1.59. The van der Waals surface area contributed by atoms with Crippen molar-refractivity contribution in [3.63, 3.8) is 0 Å². The Balaban J connectivity index is 1.08. The second kappa shape index (κ2) is 8.65. The number of aliphatic hydroxyl groups excluding tert-OH is 1. The largest absolute Gasteiger partial charge is 0.390 e. The number of carbonyl (C=O) groups excluding carboxylic acids is 1. The van der Waals surface area contributed by atoms with Gasteiger partial charge < -0.3 is 15.2 Å². The smallest absolute Gasteiger partial charge is 0.270 e. The summed E-state index contributed by atoms with van der Waals surface area (Å²) in [6.45, 7) is 4.30. The van der Waals surface area contributed by atoms with E-state index < -0.39 is 6.10 Å². The summed E-state index contributed by atoms with van der Waals surface area (Å²) in [5.74, 6) is 0.357. The highest BCUT2D eigenvalue weighted by atomic mass is 16.5. The zero-order chi connectivity index (χ0) is 21.3. The molecule has 7 nitrogen and oxygen atoms in total. The number of nitrogens with zero attached hydrogens (tertiary/aromatic N) is 3. The van der Waals surface area contributed by atoms with Crippen LogP contribution < -0.4 is 5.32 Å². The van der Waals surface area contributed by atoms with Crippen LogP contribution in [-0.2, 0) is 24.1 Å². The number of amides is 1. The zero-order valence-electron chi connectivity index (χ0n) is 17.8. The molecule has 3 aliphatic rings. The van der Waals surface area contributed by atoms with E-state index in [4.69, 9.17) is 4.74 Å². The molecule has 7 heteroatoms. The molecule has 2 N–H and O–H groups in total. The molecule has 2 aliphatic heterocycles. The number of aliphatic hydroxyl groups is 1. The lowest BCUT2D eigenvalue weighted by atomic mass is 9.59. The normalized spacial score (nSPS) is 21.1. The molecule has 0 radical (unpaired) electrons. The van der Waals surface area contributed by atoms with Crippen molar-refractivity contribution in [1.82, 2.24) is 20.2 Å². The lowest BCUT2D eigenvalue weighted by Gasteiger charge is -2.53. The molecule has 1 saturated heterocycles. The molecule has 3 heterocycles. The third kappa shape index (κ3) is 4.63. The van der Waals surface area contributed by atoms with Crippen molar-refractivity contribution in [3.8, 4) is 0 Å². The van der Waals surface area contributed by atoms with Crippen LogP contribution in [0.5, 0.6) is 0 Å². The summed E-state index contributed by atoms with van der Waals surface area (Å²) >= 11 is 0. The van der Waals surface area contributed by atoms with Crippen LogP contribution in [0.1, 0.15) is 40.2 Å². The summed E-state index contributed by atoms with van der Waals surface area (Å²) in [5, 5.41) is 13.3. The fourth-order valence-corrected chi connectivity index (χ4v) is 5.24. The molecule has 1 aromatic heterocycles. The SMILES string of the molecule is O=C(NC[C@H](O)CN1CCc2ccccc2C1)c1cc(CC2CC3(COC3)C2)ncn1. The summed E-state index contributed by atoms with van der Waals surface area (Å²) in [7, 11) is 0. The van der Waals surface area contributed by atoms with Crippen molar-refractivity contribution in [2.45, 2.75) is 38.3 Å². The molecule has 1 atom stereocenters. The summed E-state index contributed by atoms with van der Waals surface area (Å²) in [4.78, 5) is 23.3. The minimum atomic E-state index is -0.619. The van der Waals surface area contributed by atoms with Crippen molar-refractivity contribution >= 4 is 5.91 Å². The van der Waals surface area contributed by atoms with Crippen molar-refractivity contribution in [1.29, 1.82) is 0 Å². The Morgan fingerprint density at radius 1 is 1.26 bits per heavy atom. The molecule has 1 saturated carbocycles. The molecule has 1 spiro atoms. The minimum absolute atomic E-state index is 0.210. The number of β-amino-alcohol motifs (C(OH)–C–C–N with tert-alkyl or cyclic N) is 1. The van der Waals surface area contributed by atoms with Gasteiger partial charge >= 0.3 is 0 Å². The van der Waals surface area contributed by atoms with E-state index in [0.717, 1.165) is 44.8 Å². The zero-order valence-corrected chi connectivity index (χ0v) is 17.8. The van der Waals surface area contributed by atoms with Gasteiger partial charge in [-0.3, -0.25) is 9.69 Å². The lowest BCUT2D eigenvalue weighted by Crippen LogP contribution is -2.52. The number of hydrogen-bond donors (Lipinski definition) is 2. The maximum absolute atomic E-state index is 12.5. The average Bonchev–Trinajstić information content (AvgIpc) is 2.73. The Hall–Kier alpha value is -2.35. The van der Waals surface area contributed by atoms with Crippen LogP contribution in [0, 0.1) is 11.3 Å². The third-order valence-corrected chi connectivity index (χ3v) is 6.89. The first-order valence-corrected chi connectivity index (χ1v) is 11.2. The Labute approximate surface area is 182 Å². The molecule has 2 aromatic rings. The van der Waals surface area contributed by atoms with Gasteiger partial charge in [-0.15, -0.1) is 0 Å². The Kier molecular flexibility index (Phi) is 5.73. The van der Waals surface area contributed by atoms with Gasteiger partial charge in [-0.1, -0.05) is 24.3 Å². The third-order valence-electron chi connectivity index (χ3n) is 6.89. The maximum atomic E-state index is 12.5. The first-order chi connectivity index (χ1) is 15.1. The predicted molar refractivity (Wildman–Crippen MR) is 115 cm³/mol. The Morgan fingerprint density at radius 3 is 2.84 bits per heavy atom. The van der Waals surface area contributed by atoms with Crippen molar-refractivity contribution in [2.24, 2.45) is 11.3 Å². The van der Waals surface area contributed by atoms with Gasteiger partial charge in [0.1, 0.15) is 12.0 Å². The quantitative estimate of drug-likeness (QED) is 0.705. The number of aromatic nitrogens is 2. The lowest BCUT2D eigenvalue weighted by molar-refractivity contribution is -0.178. The highest BCUT2D eigenvalue weighted by molar-refractivity contribution is 5.92. The summed E-state index contributed by atoms with van der Waals surface area (Å²) < 4.78 is 5.34.